The van der Waals surface area contributed by atoms with Crippen LogP contribution in [0.4, 0.5) is 18.2 Å². The average molecular weight is 554 g/mol. The van der Waals surface area contributed by atoms with Crippen molar-refractivity contribution in [3.05, 3.63) is 63.8 Å². The number of nitrogens with one attached hydrogen (secondary N) is 1. The number of amides is 1. The number of hydrogen-bond acceptors (Lipinski definition) is 6. The van der Waals surface area contributed by atoms with E-state index in [1.54, 1.807) is 24.3 Å². The van der Waals surface area contributed by atoms with Crippen LogP contribution in [-0.2, 0) is 19.0 Å². The number of methoxy groups -OCH3 is 1. The van der Waals surface area contributed by atoms with Crippen molar-refractivity contribution >= 4 is 27.9 Å². The first-order chi connectivity index (χ1) is 18.4. The lowest BCUT2D eigenvalue weighted by atomic mass is 9.72. The molecule has 202 valence electrons. The molecule has 4 aromatic rings. The van der Waals surface area contributed by atoms with E-state index in [1.165, 1.54) is 18.4 Å². The normalized spacial score (nSPS) is 15.6. The molecule has 1 amide bonds. The van der Waals surface area contributed by atoms with E-state index >= 15 is 0 Å². The Morgan fingerprint density at radius 3 is 2.56 bits per heavy atom. The fraction of sp³-hybridized carbons (Fsp3) is 0.357. The van der Waals surface area contributed by atoms with Crippen LogP contribution in [0.15, 0.2) is 36.5 Å². The van der Waals surface area contributed by atoms with Gasteiger partial charge in [0.1, 0.15) is 22.4 Å². The van der Waals surface area contributed by atoms with Gasteiger partial charge in [-0.1, -0.05) is 20.8 Å². The van der Waals surface area contributed by atoms with E-state index < -0.39 is 17.8 Å². The van der Waals surface area contributed by atoms with Gasteiger partial charge in [-0.05, 0) is 66.5 Å². The van der Waals surface area contributed by atoms with Crippen LogP contribution >= 0.6 is 11.3 Å². The number of ether oxygens (including phenoxy) is 1. The van der Waals surface area contributed by atoms with Gasteiger partial charge in [0.25, 0.3) is 5.91 Å². The molecule has 1 atom stereocenters. The molecule has 1 aromatic carbocycles. The minimum Gasteiger partial charge on any atom is -0.497 e. The third-order valence-electron chi connectivity index (χ3n) is 7.22. The van der Waals surface area contributed by atoms with E-state index in [4.69, 9.17) is 4.74 Å². The molecule has 0 unspecified atom stereocenters. The second-order valence-corrected chi connectivity index (χ2v) is 11.7. The molecule has 0 spiro atoms. The summed E-state index contributed by atoms with van der Waals surface area (Å²) in [5.41, 5.74) is 0.493. The Bertz CT molecular complexity index is 1610. The highest BCUT2D eigenvalue weighted by Gasteiger charge is 2.37. The molecule has 0 fully saturated rings. The molecule has 11 heteroatoms. The maximum atomic E-state index is 14.0. The van der Waals surface area contributed by atoms with Gasteiger partial charge in [-0.25, -0.2) is 9.50 Å². The van der Waals surface area contributed by atoms with Crippen molar-refractivity contribution in [2.75, 3.05) is 12.4 Å². The smallest absolute Gasteiger partial charge is 0.433 e. The fourth-order valence-electron chi connectivity index (χ4n) is 4.94. The lowest BCUT2D eigenvalue weighted by Crippen LogP contribution is -2.26. The summed E-state index contributed by atoms with van der Waals surface area (Å²) in [4.78, 5) is 18.8. The maximum absolute atomic E-state index is 14.0. The molecule has 0 saturated carbocycles. The first-order valence-electron chi connectivity index (χ1n) is 12.4. The number of anilines is 1. The monoisotopic (exact) mass is 553 g/mol. The molecule has 1 aliphatic carbocycles. The summed E-state index contributed by atoms with van der Waals surface area (Å²) in [5.74, 6) is 0.306. The number of carbonyl (C=O) groups is 1. The number of alkyl halides is 3. The minimum atomic E-state index is -4.74. The van der Waals surface area contributed by atoms with Gasteiger partial charge in [0.15, 0.2) is 11.3 Å². The Morgan fingerprint density at radius 2 is 1.95 bits per heavy atom. The van der Waals surface area contributed by atoms with Crippen LogP contribution in [0.3, 0.4) is 0 Å². The number of benzene rings is 1. The summed E-state index contributed by atoms with van der Waals surface area (Å²) in [5, 5.41) is 16.9. The number of carbonyl (C=O) groups excluding carboxylic acids is 1. The van der Waals surface area contributed by atoms with E-state index in [0.29, 0.717) is 32.3 Å². The number of fused-ring (bicyclic) bond motifs is 2. The van der Waals surface area contributed by atoms with Crippen molar-refractivity contribution in [1.82, 2.24) is 14.6 Å². The minimum absolute atomic E-state index is 0.0320. The molecule has 1 aliphatic rings. The topological polar surface area (TPSA) is 92.3 Å². The highest BCUT2D eigenvalue weighted by atomic mass is 32.1. The first-order valence-corrected chi connectivity index (χ1v) is 13.2. The summed E-state index contributed by atoms with van der Waals surface area (Å²) in [7, 11) is 1.49. The Labute approximate surface area is 227 Å². The van der Waals surface area contributed by atoms with Gasteiger partial charge in [0.2, 0.25) is 0 Å². The second-order valence-electron chi connectivity index (χ2n) is 10.6. The zero-order valence-corrected chi connectivity index (χ0v) is 22.6. The lowest BCUT2D eigenvalue weighted by molar-refractivity contribution is -0.142. The highest BCUT2D eigenvalue weighted by molar-refractivity contribution is 7.16. The van der Waals surface area contributed by atoms with Crippen LogP contribution in [0.25, 0.3) is 16.9 Å². The molecular formula is C28H26F3N5O2S. The zero-order valence-electron chi connectivity index (χ0n) is 21.8. The Hall–Kier alpha value is -3.91. The molecule has 0 radical (unpaired) electrons. The van der Waals surface area contributed by atoms with Crippen molar-refractivity contribution in [3.63, 3.8) is 0 Å². The predicted molar refractivity (Wildman–Crippen MR) is 142 cm³/mol. The van der Waals surface area contributed by atoms with Crippen LogP contribution in [0.2, 0.25) is 0 Å². The van der Waals surface area contributed by atoms with Gasteiger partial charge in [-0.3, -0.25) is 4.79 Å². The molecule has 3 heterocycles. The number of aromatic nitrogens is 3. The van der Waals surface area contributed by atoms with E-state index in [-0.39, 0.29) is 22.3 Å². The summed E-state index contributed by atoms with van der Waals surface area (Å²) in [6, 6.07) is 9.53. The number of thiophene rings is 1. The van der Waals surface area contributed by atoms with E-state index in [1.807, 2.05) is 0 Å². The Kier molecular flexibility index (Phi) is 6.63. The number of rotatable bonds is 4. The summed E-state index contributed by atoms with van der Waals surface area (Å²) < 4.78 is 47.7. The van der Waals surface area contributed by atoms with Crippen LogP contribution in [0, 0.1) is 22.7 Å². The second kappa shape index (κ2) is 9.68. The summed E-state index contributed by atoms with van der Waals surface area (Å²) in [6.45, 7) is 6.58. The van der Waals surface area contributed by atoms with Crippen molar-refractivity contribution in [2.24, 2.45) is 11.3 Å². The number of hydrogen-bond donors (Lipinski definition) is 1. The predicted octanol–water partition coefficient (Wildman–Crippen LogP) is 6.76. The van der Waals surface area contributed by atoms with Crippen molar-refractivity contribution < 1.29 is 22.7 Å². The SMILES string of the molecule is COc1ccc(-c2cc(C(F)(F)F)n3ncc(C(=O)Nc4sc5c(c4C#N)CC[C@@H](C(C)(C)C)C5)c3n2)cc1. The summed E-state index contributed by atoms with van der Waals surface area (Å²) in [6.07, 6.45) is -1.18. The van der Waals surface area contributed by atoms with Gasteiger partial charge < -0.3 is 10.1 Å². The average Bonchev–Trinajstić information content (AvgIpc) is 3.47. The first kappa shape index (κ1) is 26.7. The van der Waals surface area contributed by atoms with E-state index in [9.17, 15) is 23.2 Å². The van der Waals surface area contributed by atoms with E-state index in [2.05, 4.69) is 42.2 Å². The molecule has 1 N–H and O–H groups in total. The molecule has 0 bridgehead atoms. The molecule has 5 rings (SSSR count). The fourth-order valence-corrected chi connectivity index (χ4v) is 6.21. The third kappa shape index (κ3) is 4.96. The van der Waals surface area contributed by atoms with Gasteiger partial charge in [0, 0.05) is 10.4 Å². The van der Waals surface area contributed by atoms with Crippen LogP contribution < -0.4 is 10.1 Å². The molecule has 3 aromatic heterocycles. The van der Waals surface area contributed by atoms with Crippen molar-refractivity contribution in [1.29, 1.82) is 5.26 Å². The maximum Gasteiger partial charge on any atom is 0.433 e. The van der Waals surface area contributed by atoms with Gasteiger partial charge in [0.05, 0.1) is 24.6 Å². The van der Waals surface area contributed by atoms with Gasteiger partial charge in [-0.2, -0.15) is 23.5 Å². The summed E-state index contributed by atoms with van der Waals surface area (Å²) >= 11 is 1.35. The molecule has 7 nitrogen and oxygen atoms in total. The van der Waals surface area contributed by atoms with Crippen LogP contribution in [-0.4, -0.2) is 27.6 Å². The number of nitrogens with zero attached hydrogens (tertiary/aromatic N) is 4. The lowest BCUT2D eigenvalue weighted by Gasteiger charge is -2.33. The van der Waals surface area contributed by atoms with Crippen LogP contribution in [0.5, 0.6) is 5.75 Å². The third-order valence-corrected chi connectivity index (χ3v) is 8.39. The van der Waals surface area contributed by atoms with Gasteiger partial charge >= 0.3 is 6.18 Å². The quantitative estimate of drug-likeness (QED) is 0.301. The Morgan fingerprint density at radius 1 is 1.23 bits per heavy atom. The van der Waals surface area contributed by atoms with Crippen molar-refractivity contribution in [3.8, 4) is 23.1 Å². The van der Waals surface area contributed by atoms with E-state index in [0.717, 1.165) is 42.0 Å². The zero-order chi connectivity index (χ0) is 28.1. The largest absolute Gasteiger partial charge is 0.497 e. The molecule has 0 aliphatic heterocycles. The van der Waals surface area contributed by atoms with Crippen LogP contribution in [0.1, 0.15) is 59.2 Å². The standard InChI is InChI=1S/C28H26F3N5O2S/c1-27(2,3)16-7-10-18-19(13-32)26(39-22(18)11-16)35-25(37)20-14-33-36-23(28(29,30)31)12-21(34-24(20)36)15-5-8-17(38-4)9-6-15/h5-6,8-9,12,14,16H,7,10-11H2,1-4H3,(H,35,37)/t16-/m1/s1. The van der Waals surface area contributed by atoms with Gasteiger partial charge in [-0.15, -0.1) is 11.3 Å². The molecular weight excluding hydrogens is 527 g/mol. The van der Waals surface area contributed by atoms with Crippen molar-refractivity contribution in [2.45, 2.75) is 46.2 Å². The number of nitriles is 1. The number of halogens is 3. The molecule has 39 heavy (non-hydrogen) atoms. The highest BCUT2D eigenvalue weighted by Crippen LogP contribution is 2.44. The molecule has 0 saturated heterocycles. The Balaban J connectivity index is 1.54.